The van der Waals surface area contributed by atoms with Gasteiger partial charge >= 0.3 is 0 Å². The first kappa shape index (κ1) is 21.6. The van der Waals surface area contributed by atoms with Crippen LogP contribution in [0.1, 0.15) is 45.9 Å². The lowest BCUT2D eigenvalue weighted by Crippen LogP contribution is -2.34. The zero-order valence-corrected chi connectivity index (χ0v) is 17.4. The average molecular weight is 383 g/mol. The number of hydrogen-bond acceptors (Lipinski definition) is 4. The normalized spacial score (nSPS) is 11.9. The summed E-state index contributed by atoms with van der Waals surface area (Å²) in [5.74, 6) is 0.677. The number of Topliss-reactive ketones (excluding diaryl/α,β-unsaturated/α-hetero) is 1. The molecule has 0 aliphatic heterocycles. The smallest absolute Gasteiger partial charge is 0.220 e. The van der Waals surface area contributed by atoms with Gasteiger partial charge in [0.05, 0.1) is 13.2 Å². The minimum atomic E-state index is -0.117. The van der Waals surface area contributed by atoms with E-state index in [1.54, 1.807) is 7.11 Å². The minimum Gasteiger partial charge on any atom is -0.497 e. The third-order valence-electron chi connectivity index (χ3n) is 4.87. The van der Waals surface area contributed by atoms with Gasteiger partial charge in [-0.2, -0.15) is 0 Å². The first-order valence-corrected chi connectivity index (χ1v) is 9.49. The number of carbonyl (C=O) groups excluding carboxylic acids is 2. The molecule has 5 heteroatoms. The van der Waals surface area contributed by atoms with E-state index in [-0.39, 0.29) is 30.6 Å². The van der Waals surface area contributed by atoms with E-state index in [0.717, 1.165) is 22.4 Å². The summed E-state index contributed by atoms with van der Waals surface area (Å²) in [6.07, 6.45) is 0.395. The number of benzene rings is 2. The number of aryl methyl sites for hydroxylation is 2. The third-order valence-corrected chi connectivity index (χ3v) is 4.87. The van der Waals surface area contributed by atoms with E-state index in [4.69, 9.17) is 4.74 Å². The highest BCUT2D eigenvalue weighted by Gasteiger charge is 2.17. The Bertz CT molecular complexity index is 830. The molecule has 0 saturated heterocycles. The van der Waals surface area contributed by atoms with Crippen LogP contribution >= 0.6 is 0 Å². The van der Waals surface area contributed by atoms with Crippen LogP contribution in [0.5, 0.6) is 5.75 Å². The second kappa shape index (κ2) is 10.0. The number of hydrogen-bond donors (Lipinski definition) is 1. The quantitative estimate of drug-likeness (QED) is 0.672. The van der Waals surface area contributed by atoms with Crippen LogP contribution in [-0.4, -0.2) is 44.3 Å². The van der Waals surface area contributed by atoms with Gasteiger partial charge in [-0.25, -0.2) is 0 Å². The van der Waals surface area contributed by atoms with Gasteiger partial charge in [-0.15, -0.1) is 0 Å². The lowest BCUT2D eigenvalue weighted by molar-refractivity contribution is -0.121. The van der Waals surface area contributed by atoms with Gasteiger partial charge in [0, 0.05) is 24.9 Å². The molecule has 0 bridgehead atoms. The number of carbonyl (C=O) groups is 2. The van der Waals surface area contributed by atoms with Crippen molar-refractivity contribution in [2.45, 2.75) is 32.7 Å². The van der Waals surface area contributed by atoms with Crippen molar-refractivity contribution < 1.29 is 14.3 Å². The fourth-order valence-corrected chi connectivity index (χ4v) is 3.14. The first-order chi connectivity index (χ1) is 13.3. The number of methoxy groups -OCH3 is 1. The Balaban J connectivity index is 1.92. The summed E-state index contributed by atoms with van der Waals surface area (Å²) in [4.78, 5) is 26.8. The SMILES string of the molecule is COc1cccc(C(CNC(=O)CCC(=O)c2cc(C)ccc2C)N(C)C)c1. The molecule has 5 nitrogen and oxygen atoms in total. The number of nitrogens with zero attached hydrogens (tertiary/aromatic N) is 1. The monoisotopic (exact) mass is 382 g/mol. The van der Waals surface area contributed by atoms with Gasteiger partial charge in [-0.3, -0.25) is 9.59 Å². The lowest BCUT2D eigenvalue weighted by Gasteiger charge is -2.25. The largest absolute Gasteiger partial charge is 0.497 e. The molecule has 0 spiro atoms. The lowest BCUT2D eigenvalue weighted by atomic mass is 9.99. The highest BCUT2D eigenvalue weighted by molar-refractivity contribution is 5.99. The average Bonchev–Trinajstić information content (AvgIpc) is 2.68. The number of likely N-dealkylation sites (N-methyl/N-ethyl adjacent to an activating group) is 1. The van der Waals surface area contributed by atoms with E-state index in [1.807, 2.05) is 70.4 Å². The second-order valence-electron chi connectivity index (χ2n) is 7.30. The van der Waals surface area contributed by atoms with Crippen LogP contribution in [0, 0.1) is 13.8 Å². The van der Waals surface area contributed by atoms with Crippen molar-refractivity contribution >= 4 is 11.7 Å². The Labute approximate surface area is 167 Å². The molecule has 0 aromatic heterocycles. The molecule has 1 N–H and O–H groups in total. The van der Waals surface area contributed by atoms with Crippen molar-refractivity contribution in [3.05, 3.63) is 64.7 Å². The van der Waals surface area contributed by atoms with Crippen molar-refractivity contribution in [3.8, 4) is 5.75 Å². The number of amides is 1. The molecule has 1 amide bonds. The molecule has 150 valence electrons. The van der Waals surface area contributed by atoms with Gasteiger partial charge in [0.25, 0.3) is 0 Å². The summed E-state index contributed by atoms with van der Waals surface area (Å²) in [5, 5.41) is 2.96. The number of nitrogens with one attached hydrogen (secondary N) is 1. The Morgan fingerprint density at radius 1 is 1.07 bits per heavy atom. The predicted molar refractivity (Wildman–Crippen MR) is 112 cm³/mol. The number of ketones is 1. The van der Waals surface area contributed by atoms with Crippen LogP contribution in [0.15, 0.2) is 42.5 Å². The summed E-state index contributed by atoms with van der Waals surface area (Å²) >= 11 is 0. The van der Waals surface area contributed by atoms with Crippen LogP contribution in [0.25, 0.3) is 0 Å². The summed E-state index contributed by atoms with van der Waals surface area (Å²) < 4.78 is 5.29. The predicted octanol–water partition coefficient (Wildman–Crippen LogP) is 3.69. The molecule has 2 aromatic rings. The maximum Gasteiger partial charge on any atom is 0.220 e. The molecule has 1 atom stereocenters. The van der Waals surface area contributed by atoms with E-state index in [2.05, 4.69) is 10.2 Å². The number of ether oxygens (including phenoxy) is 1. The minimum absolute atomic E-state index is 0.00769. The Hall–Kier alpha value is -2.66. The van der Waals surface area contributed by atoms with Crippen LogP contribution in [0.4, 0.5) is 0 Å². The summed E-state index contributed by atoms with van der Waals surface area (Å²) in [7, 11) is 5.58. The first-order valence-electron chi connectivity index (χ1n) is 9.49. The van der Waals surface area contributed by atoms with Gasteiger partial charge in [0.2, 0.25) is 5.91 Å². The van der Waals surface area contributed by atoms with Gasteiger partial charge in [-0.05, 0) is 57.3 Å². The van der Waals surface area contributed by atoms with E-state index < -0.39 is 0 Å². The highest BCUT2D eigenvalue weighted by atomic mass is 16.5. The van der Waals surface area contributed by atoms with Gasteiger partial charge in [0.15, 0.2) is 5.78 Å². The van der Waals surface area contributed by atoms with Crippen LogP contribution in [0.3, 0.4) is 0 Å². The standard InChI is InChI=1S/C23H30N2O3/c1-16-9-10-17(2)20(13-16)22(26)11-12-23(27)24-15-21(25(3)4)18-7-6-8-19(14-18)28-5/h6-10,13-14,21H,11-12,15H2,1-5H3,(H,24,27). The molecule has 0 heterocycles. The maximum absolute atomic E-state index is 12.5. The zero-order valence-electron chi connectivity index (χ0n) is 17.4. The molecule has 1 unspecified atom stereocenters. The molecule has 0 aliphatic carbocycles. The molecule has 0 saturated carbocycles. The maximum atomic E-state index is 12.5. The molecular weight excluding hydrogens is 352 g/mol. The summed E-state index contributed by atoms with van der Waals surface area (Å²) in [6, 6.07) is 13.7. The topological polar surface area (TPSA) is 58.6 Å². The van der Waals surface area contributed by atoms with Crippen molar-refractivity contribution in [2.75, 3.05) is 27.7 Å². The van der Waals surface area contributed by atoms with Gasteiger partial charge < -0.3 is 15.0 Å². The van der Waals surface area contributed by atoms with Crippen LogP contribution in [0.2, 0.25) is 0 Å². The molecular formula is C23H30N2O3. The fourth-order valence-electron chi connectivity index (χ4n) is 3.14. The molecule has 28 heavy (non-hydrogen) atoms. The van der Waals surface area contributed by atoms with Crippen molar-refractivity contribution in [1.29, 1.82) is 0 Å². The summed E-state index contributed by atoms with van der Waals surface area (Å²) in [5.41, 5.74) is 3.76. The fraction of sp³-hybridized carbons (Fsp3) is 0.391. The second-order valence-corrected chi connectivity index (χ2v) is 7.30. The Morgan fingerprint density at radius 2 is 1.82 bits per heavy atom. The molecule has 2 rings (SSSR count). The van der Waals surface area contributed by atoms with Gasteiger partial charge in [0.1, 0.15) is 5.75 Å². The Morgan fingerprint density at radius 3 is 2.50 bits per heavy atom. The Kier molecular flexibility index (Phi) is 7.76. The van der Waals surface area contributed by atoms with Crippen molar-refractivity contribution in [1.82, 2.24) is 10.2 Å². The van der Waals surface area contributed by atoms with E-state index >= 15 is 0 Å². The van der Waals surface area contributed by atoms with Crippen LogP contribution < -0.4 is 10.1 Å². The van der Waals surface area contributed by atoms with Crippen molar-refractivity contribution in [2.24, 2.45) is 0 Å². The van der Waals surface area contributed by atoms with Gasteiger partial charge in [-0.1, -0.05) is 29.8 Å². The van der Waals surface area contributed by atoms with E-state index in [9.17, 15) is 9.59 Å². The number of rotatable bonds is 9. The molecule has 2 aromatic carbocycles. The highest BCUT2D eigenvalue weighted by Crippen LogP contribution is 2.22. The van der Waals surface area contributed by atoms with E-state index in [1.165, 1.54) is 0 Å². The molecule has 0 fully saturated rings. The molecule has 0 radical (unpaired) electrons. The van der Waals surface area contributed by atoms with Crippen LogP contribution in [-0.2, 0) is 4.79 Å². The molecule has 0 aliphatic rings. The van der Waals surface area contributed by atoms with Crippen molar-refractivity contribution in [3.63, 3.8) is 0 Å². The third kappa shape index (κ3) is 5.92. The summed E-state index contributed by atoms with van der Waals surface area (Å²) in [6.45, 7) is 4.35. The van der Waals surface area contributed by atoms with E-state index in [0.29, 0.717) is 12.1 Å². The zero-order chi connectivity index (χ0) is 20.7.